The van der Waals surface area contributed by atoms with Crippen LogP contribution in [0.15, 0.2) is 0 Å². The zero-order chi connectivity index (χ0) is 9.68. The molecule has 1 aliphatic carbocycles. The summed E-state index contributed by atoms with van der Waals surface area (Å²) in [5.41, 5.74) is 0. The summed E-state index contributed by atoms with van der Waals surface area (Å²) in [6.07, 6.45) is 5.83. The molecule has 13 heavy (non-hydrogen) atoms. The molecule has 3 heteroatoms. The van der Waals surface area contributed by atoms with Crippen molar-refractivity contribution in [2.45, 2.75) is 43.8 Å². The highest BCUT2D eigenvalue weighted by Crippen LogP contribution is 2.32. The second-order valence-corrected chi connectivity index (χ2v) is 5.77. The fraction of sp³-hybridized carbons (Fsp3) is 0.900. The Labute approximate surface area is 88.5 Å². The van der Waals surface area contributed by atoms with Crippen LogP contribution in [0, 0.1) is 5.92 Å². The highest BCUT2D eigenvalue weighted by atomic mass is 27.0. The first-order valence-corrected chi connectivity index (χ1v) is 6.53. The van der Waals surface area contributed by atoms with Crippen LogP contribution in [0.3, 0.4) is 0 Å². The van der Waals surface area contributed by atoms with Crippen molar-refractivity contribution < 1.29 is 9.53 Å². The van der Waals surface area contributed by atoms with Crippen LogP contribution in [-0.2, 0) is 9.53 Å². The summed E-state index contributed by atoms with van der Waals surface area (Å²) in [7, 11) is 0. The summed E-state index contributed by atoms with van der Waals surface area (Å²) in [5.74, 6) is 0.614. The molecule has 0 N–H and O–H groups in total. The van der Waals surface area contributed by atoms with Crippen LogP contribution in [0.1, 0.15) is 39.0 Å². The topological polar surface area (TPSA) is 26.3 Å². The lowest BCUT2D eigenvalue weighted by Crippen LogP contribution is -2.16. The summed E-state index contributed by atoms with van der Waals surface area (Å²) in [5, 5.41) is 0. The maximum Gasteiger partial charge on any atom is 0.306 e. The van der Waals surface area contributed by atoms with Crippen LogP contribution < -0.4 is 0 Å². The first-order valence-electron chi connectivity index (χ1n) is 5.38. The van der Waals surface area contributed by atoms with E-state index in [9.17, 15) is 4.79 Å². The van der Waals surface area contributed by atoms with Gasteiger partial charge in [-0.3, -0.25) is 4.79 Å². The van der Waals surface area contributed by atoms with Crippen molar-refractivity contribution in [3.05, 3.63) is 0 Å². The third kappa shape index (κ3) is 4.15. The molecule has 0 aromatic carbocycles. The van der Waals surface area contributed by atoms with Crippen molar-refractivity contribution in [2.75, 3.05) is 6.61 Å². The van der Waals surface area contributed by atoms with Crippen molar-refractivity contribution in [1.82, 2.24) is 0 Å². The molecule has 0 unspecified atom stereocenters. The molecule has 1 saturated carbocycles. The molecule has 74 valence electrons. The molecule has 0 aromatic heterocycles. The largest absolute Gasteiger partial charge is 0.466 e. The minimum Gasteiger partial charge on any atom is -0.466 e. The molecule has 1 rings (SSSR count). The minimum atomic E-state index is -0.000650. The maximum atomic E-state index is 11.2. The zero-order valence-electron chi connectivity index (χ0n) is 8.71. The van der Waals surface area contributed by atoms with Gasteiger partial charge in [0, 0.05) is 6.42 Å². The van der Waals surface area contributed by atoms with E-state index in [1.165, 1.54) is 42.0 Å². The molecule has 0 bridgehead atoms. The highest BCUT2D eigenvalue weighted by Gasteiger charge is 2.20. The first kappa shape index (κ1) is 11.1. The van der Waals surface area contributed by atoms with E-state index in [1.54, 1.807) is 0 Å². The van der Waals surface area contributed by atoms with Crippen LogP contribution in [0.2, 0.25) is 4.78 Å². The van der Waals surface area contributed by atoms with E-state index >= 15 is 0 Å². The first-order chi connectivity index (χ1) is 6.22. The second kappa shape index (κ2) is 5.67. The van der Waals surface area contributed by atoms with E-state index in [0.717, 1.165) is 4.78 Å². The van der Waals surface area contributed by atoms with Crippen molar-refractivity contribution in [1.29, 1.82) is 0 Å². The van der Waals surface area contributed by atoms with Gasteiger partial charge in [0.25, 0.3) is 0 Å². The van der Waals surface area contributed by atoms with Gasteiger partial charge in [-0.1, -0.05) is 30.5 Å². The average Bonchev–Trinajstić information content (AvgIpc) is 2.09. The fourth-order valence-electron chi connectivity index (χ4n) is 1.99. The van der Waals surface area contributed by atoms with Gasteiger partial charge >= 0.3 is 5.97 Å². The number of carbonyl (C=O) groups excluding carboxylic acids is 1. The number of esters is 1. The van der Waals surface area contributed by atoms with Gasteiger partial charge in [-0.05, 0) is 12.8 Å². The minimum absolute atomic E-state index is 0.000650. The number of hydrogen-bond donors (Lipinski definition) is 0. The van der Waals surface area contributed by atoms with Crippen LogP contribution in [-0.4, -0.2) is 28.9 Å². The quantitative estimate of drug-likeness (QED) is 0.508. The van der Waals surface area contributed by atoms with Crippen molar-refractivity contribution in [3.63, 3.8) is 0 Å². The van der Waals surface area contributed by atoms with Crippen LogP contribution in [0.4, 0.5) is 0 Å². The molecule has 1 fully saturated rings. The fourth-order valence-corrected chi connectivity index (χ4v) is 2.66. The summed E-state index contributed by atoms with van der Waals surface area (Å²) in [6, 6.07) is 0. The highest BCUT2D eigenvalue weighted by molar-refractivity contribution is 6.11. The van der Waals surface area contributed by atoms with Crippen LogP contribution in [0.25, 0.3) is 0 Å². The van der Waals surface area contributed by atoms with Crippen LogP contribution in [0.5, 0.6) is 0 Å². The van der Waals surface area contributed by atoms with E-state index in [1.807, 2.05) is 6.92 Å². The molecule has 0 spiro atoms. The normalized spacial score (nSPS) is 28.4. The molecular weight excluding hydrogens is 179 g/mol. The van der Waals surface area contributed by atoms with Gasteiger partial charge in [0.15, 0.2) is 0 Å². The summed E-state index contributed by atoms with van der Waals surface area (Å²) in [4.78, 5) is 11.2. The van der Waals surface area contributed by atoms with Gasteiger partial charge in [-0.25, -0.2) is 0 Å². The number of carbonyl (C=O) groups is 1. The molecule has 0 aromatic rings. The molecule has 0 saturated heterocycles. The van der Waals surface area contributed by atoms with Gasteiger partial charge in [0.1, 0.15) is 0 Å². The predicted octanol–water partition coefficient (Wildman–Crippen LogP) is 1.55. The Morgan fingerprint density at radius 2 is 2.00 bits per heavy atom. The summed E-state index contributed by atoms with van der Waals surface area (Å²) < 4.78 is 5.94. The zero-order valence-corrected chi connectivity index (χ0v) is 10.7. The second-order valence-electron chi connectivity index (χ2n) is 4.14. The number of ether oxygens (including phenoxy) is 1. The Hall–Kier alpha value is 0.00247. The van der Waals surface area contributed by atoms with E-state index in [-0.39, 0.29) is 5.97 Å². The number of hydrogen-bond acceptors (Lipinski definition) is 2. The summed E-state index contributed by atoms with van der Waals surface area (Å²) in [6.45, 7) is 2.39. The van der Waals surface area contributed by atoms with E-state index < -0.39 is 0 Å². The van der Waals surface area contributed by atoms with Gasteiger partial charge in [-0.15, -0.1) is 0 Å². The molecule has 0 amide bonds. The third-order valence-corrected chi connectivity index (χ3v) is 4.05. The van der Waals surface area contributed by atoms with E-state index in [4.69, 9.17) is 4.74 Å². The summed E-state index contributed by atoms with van der Waals surface area (Å²) >= 11 is 1.33. The van der Waals surface area contributed by atoms with Gasteiger partial charge in [0.05, 0.1) is 6.61 Å². The maximum absolute atomic E-state index is 11.2. The molecular formula is C10H19AlO2. The SMILES string of the molecule is CCOC(=O)CC1CC[CH]([AlH2])CC1. The third-order valence-electron chi connectivity index (χ3n) is 2.90. The molecule has 0 atom stereocenters. The van der Waals surface area contributed by atoms with Crippen LogP contribution >= 0.6 is 0 Å². The average molecular weight is 198 g/mol. The molecule has 0 aliphatic heterocycles. The Balaban J connectivity index is 2.18. The van der Waals surface area contributed by atoms with Gasteiger partial charge in [-0.2, -0.15) is 0 Å². The van der Waals surface area contributed by atoms with Crippen molar-refractivity contribution in [3.8, 4) is 0 Å². The van der Waals surface area contributed by atoms with Crippen molar-refractivity contribution >= 4 is 22.3 Å². The van der Waals surface area contributed by atoms with Gasteiger partial charge in [0.2, 0.25) is 16.3 Å². The number of rotatable bonds is 3. The molecule has 0 radical (unpaired) electrons. The Morgan fingerprint density at radius 1 is 1.38 bits per heavy atom. The van der Waals surface area contributed by atoms with E-state index in [0.29, 0.717) is 18.9 Å². The van der Waals surface area contributed by atoms with Gasteiger partial charge < -0.3 is 4.74 Å². The lowest BCUT2D eigenvalue weighted by Gasteiger charge is -2.25. The molecule has 2 nitrogen and oxygen atoms in total. The standard InChI is InChI=1S/C10H17O2.Al.2H/c1-2-12-10(11)8-9-6-4-3-5-7-9;;;/h3,9H,2,4-8H2,1H3;;;. The molecule has 1 aliphatic rings. The lowest BCUT2D eigenvalue weighted by molar-refractivity contribution is -0.144. The Morgan fingerprint density at radius 3 is 2.54 bits per heavy atom. The predicted molar refractivity (Wildman–Crippen MR) is 55.5 cm³/mol. The molecule has 0 heterocycles. The lowest BCUT2D eigenvalue weighted by atomic mass is 9.86. The monoisotopic (exact) mass is 198 g/mol. The Kier molecular flexibility index (Phi) is 4.84. The smallest absolute Gasteiger partial charge is 0.306 e. The Bertz CT molecular complexity index is 162. The van der Waals surface area contributed by atoms with Crippen molar-refractivity contribution in [2.24, 2.45) is 5.92 Å². The van der Waals surface area contributed by atoms with E-state index in [2.05, 4.69) is 0 Å².